The van der Waals surface area contributed by atoms with Gasteiger partial charge in [-0.15, -0.1) is 0 Å². The second-order valence-corrected chi connectivity index (χ2v) is 2.80. The average molecular weight is 164 g/mol. The molecule has 1 rings (SSSR count). The van der Waals surface area contributed by atoms with Crippen LogP contribution in [0.2, 0.25) is 0 Å². The number of rotatable bonds is 4. The predicted octanol–water partition coefficient (Wildman–Crippen LogP) is 2.41. The van der Waals surface area contributed by atoms with Gasteiger partial charge in [0.2, 0.25) is 0 Å². The summed E-state index contributed by atoms with van der Waals surface area (Å²) in [5.74, 6) is 0. The zero-order chi connectivity index (χ0) is 8.81. The van der Waals surface area contributed by atoms with Gasteiger partial charge in [0.1, 0.15) is 0 Å². The van der Waals surface area contributed by atoms with Crippen LogP contribution in [0, 0.1) is 0 Å². The molecule has 2 heteroatoms. The van der Waals surface area contributed by atoms with Crippen LogP contribution in [-0.2, 0) is 13.0 Å². The highest BCUT2D eigenvalue weighted by atomic mass is 15.3. The molecule has 0 atom stereocenters. The number of allylic oxidation sites excluding steroid dienone is 2. The first kappa shape index (κ1) is 9.04. The van der Waals surface area contributed by atoms with Gasteiger partial charge in [0.15, 0.2) is 0 Å². The summed E-state index contributed by atoms with van der Waals surface area (Å²) in [5.41, 5.74) is 1.31. The van der Waals surface area contributed by atoms with Gasteiger partial charge < -0.3 is 0 Å². The molecule has 66 valence electrons. The molecule has 0 aliphatic heterocycles. The van der Waals surface area contributed by atoms with E-state index >= 15 is 0 Å². The van der Waals surface area contributed by atoms with E-state index in [-0.39, 0.29) is 0 Å². The van der Waals surface area contributed by atoms with Crippen molar-refractivity contribution in [2.45, 2.75) is 33.2 Å². The molecule has 0 amide bonds. The molecular formula is C10H16N2. The van der Waals surface area contributed by atoms with E-state index in [9.17, 15) is 0 Å². The van der Waals surface area contributed by atoms with Gasteiger partial charge in [0.25, 0.3) is 0 Å². The lowest BCUT2D eigenvalue weighted by atomic mass is 10.3. The molecule has 0 spiro atoms. The van der Waals surface area contributed by atoms with Crippen LogP contribution in [0.15, 0.2) is 24.5 Å². The SMILES string of the molecule is CC/C=C/Cn1cc(CC)cn1. The second kappa shape index (κ2) is 4.75. The summed E-state index contributed by atoms with van der Waals surface area (Å²) in [5, 5.41) is 4.22. The summed E-state index contributed by atoms with van der Waals surface area (Å²) in [6.07, 6.45) is 10.5. The zero-order valence-electron chi connectivity index (χ0n) is 7.83. The third-order valence-corrected chi connectivity index (χ3v) is 1.79. The fourth-order valence-electron chi connectivity index (χ4n) is 1.04. The molecule has 0 aromatic carbocycles. The molecule has 0 N–H and O–H groups in total. The number of hydrogen-bond donors (Lipinski definition) is 0. The van der Waals surface area contributed by atoms with E-state index < -0.39 is 0 Å². The van der Waals surface area contributed by atoms with Crippen LogP contribution < -0.4 is 0 Å². The van der Waals surface area contributed by atoms with Crippen LogP contribution in [0.4, 0.5) is 0 Å². The highest BCUT2D eigenvalue weighted by molar-refractivity contribution is 5.03. The molecule has 0 saturated carbocycles. The lowest BCUT2D eigenvalue weighted by Gasteiger charge is -1.92. The van der Waals surface area contributed by atoms with Crippen molar-refractivity contribution in [1.29, 1.82) is 0 Å². The van der Waals surface area contributed by atoms with Crippen molar-refractivity contribution in [2.75, 3.05) is 0 Å². The van der Waals surface area contributed by atoms with Crippen molar-refractivity contribution in [2.24, 2.45) is 0 Å². The quantitative estimate of drug-likeness (QED) is 0.625. The van der Waals surface area contributed by atoms with E-state index in [1.54, 1.807) is 0 Å². The van der Waals surface area contributed by atoms with Crippen molar-refractivity contribution in [1.82, 2.24) is 9.78 Å². The number of hydrogen-bond acceptors (Lipinski definition) is 1. The fourth-order valence-corrected chi connectivity index (χ4v) is 1.04. The molecule has 1 heterocycles. The molecule has 0 fully saturated rings. The maximum atomic E-state index is 4.22. The van der Waals surface area contributed by atoms with E-state index in [2.05, 4.69) is 37.3 Å². The third-order valence-electron chi connectivity index (χ3n) is 1.79. The maximum Gasteiger partial charge on any atom is 0.0590 e. The molecule has 0 aliphatic carbocycles. The van der Waals surface area contributed by atoms with Gasteiger partial charge in [-0.05, 0) is 18.4 Å². The van der Waals surface area contributed by atoms with E-state index in [1.807, 2.05) is 10.9 Å². The number of nitrogens with zero attached hydrogens (tertiary/aromatic N) is 2. The van der Waals surface area contributed by atoms with Crippen molar-refractivity contribution in [3.8, 4) is 0 Å². The minimum absolute atomic E-state index is 0.897. The minimum atomic E-state index is 0.897. The molecule has 0 aliphatic rings. The van der Waals surface area contributed by atoms with Crippen molar-refractivity contribution < 1.29 is 0 Å². The minimum Gasteiger partial charge on any atom is -0.269 e. The number of aryl methyl sites for hydroxylation is 1. The Morgan fingerprint density at radius 1 is 1.42 bits per heavy atom. The highest BCUT2D eigenvalue weighted by Crippen LogP contribution is 1.98. The standard InChI is InChI=1S/C10H16N2/c1-3-5-6-7-12-9-10(4-2)8-11-12/h5-6,8-9H,3-4,7H2,1-2H3/b6-5+. The summed E-state index contributed by atoms with van der Waals surface area (Å²) in [6, 6.07) is 0. The Balaban J connectivity index is 2.47. The van der Waals surface area contributed by atoms with Gasteiger partial charge in [-0.3, -0.25) is 4.68 Å². The van der Waals surface area contributed by atoms with Gasteiger partial charge in [-0.2, -0.15) is 5.10 Å². The smallest absolute Gasteiger partial charge is 0.0590 e. The van der Waals surface area contributed by atoms with Crippen LogP contribution in [0.3, 0.4) is 0 Å². The normalized spacial score (nSPS) is 11.2. The van der Waals surface area contributed by atoms with Gasteiger partial charge in [0.05, 0.1) is 12.7 Å². The molecule has 2 nitrogen and oxygen atoms in total. The van der Waals surface area contributed by atoms with E-state index in [1.165, 1.54) is 5.56 Å². The van der Waals surface area contributed by atoms with Gasteiger partial charge in [-0.1, -0.05) is 26.0 Å². The molecule has 0 radical (unpaired) electrons. The monoisotopic (exact) mass is 164 g/mol. The number of aromatic nitrogens is 2. The first-order valence-corrected chi connectivity index (χ1v) is 4.53. The summed E-state index contributed by atoms with van der Waals surface area (Å²) in [7, 11) is 0. The third kappa shape index (κ3) is 2.53. The Bertz CT molecular complexity index is 248. The van der Waals surface area contributed by atoms with Gasteiger partial charge >= 0.3 is 0 Å². The first-order valence-electron chi connectivity index (χ1n) is 4.53. The van der Waals surface area contributed by atoms with Gasteiger partial charge in [0, 0.05) is 6.20 Å². The van der Waals surface area contributed by atoms with Crippen LogP contribution >= 0.6 is 0 Å². The Labute approximate surface area is 73.9 Å². The Morgan fingerprint density at radius 2 is 2.25 bits per heavy atom. The van der Waals surface area contributed by atoms with Crippen molar-refractivity contribution in [3.63, 3.8) is 0 Å². The molecule has 0 saturated heterocycles. The average Bonchev–Trinajstić information content (AvgIpc) is 2.53. The molecule has 12 heavy (non-hydrogen) atoms. The van der Waals surface area contributed by atoms with Gasteiger partial charge in [-0.25, -0.2) is 0 Å². The van der Waals surface area contributed by atoms with E-state index in [4.69, 9.17) is 0 Å². The van der Waals surface area contributed by atoms with Crippen LogP contribution in [0.25, 0.3) is 0 Å². The lowest BCUT2D eigenvalue weighted by Crippen LogP contribution is -1.94. The molecular weight excluding hydrogens is 148 g/mol. The summed E-state index contributed by atoms with van der Waals surface area (Å²) in [6.45, 7) is 5.17. The molecule has 0 bridgehead atoms. The summed E-state index contributed by atoms with van der Waals surface area (Å²) < 4.78 is 1.96. The molecule has 0 unspecified atom stereocenters. The summed E-state index contributed by atoms with van der Waals surface area (Å²) >= 11 is 0. The van der Waals surface area contributed by atoms with Crippen molar-refractivity contribution >= 4 is 0 Å². The highest BCUT2D eigenvalue weighted by Gasteiger charge is 1.92. The van der Waals surface area contributed by atoms with E-state index in [0.29, 0.717) is 0 Å². The summed E-state index contributed by atoms with van der Waals surface area (Å²) in [4.78, 5) is 0. The van der Waals surface area contributed by atoms with Crippen molar-refractivity contribution in [3.05, 3.63) is 30.1 Å². The topological polar surface area (TPSA) is 17.8 Å². The second-order valence-electron chi connectivity index (χ2n) is 2.80. The molecule has 1 aromatic rings. The first-order chi connectivity index (χ1) is 5.86. The van der Waals surface area contributed by atoms with Crippen LogP contribution in [0.5, 0.6) is 0 Å². The predicted molar refractivity (Wildman–Crippen MR) is 51.0 cm³/mol. The fraction of sp³-hybridized carbons (Fsp3) is 0.500. The maximum absolute atomic E-state index is 4.22. The largest absolute Gasteiger partial charge is 0.269 e. The van der Waals surface area contributed by atoms with Crippen LogP contribution in [-0.4, -0.2) is 9.78 Å². The Hall–Kier alpha value is -1.05. The van der Waals surface area contributed by atoms with Crippen LogP contribution in [0.1, 0.15) is 25.8 Å². The zero-order valence-corrected chi connectivity index (χ0v) is 7.83. The lowest BCUT2D eigenvalue weighted by molar-refractivity contribution is 0.699. The van der Waals surface area contributed by atoms with E-state index in [0.717, 1.165) is 19.4 Å². The Kier molecular flexibility index (Phi) is 3.58. The Morgan fingerprint density at radius 3 is 2.83 bits per heavy atom. The molecule has 1 aromatic heterocycles.